The maximum Gasteiger partial charge on any atom is 0.233 e. The van der Waals surface area contributed by atoms with E-state index in [1.807, 2.05) is 49.4 Å². The van der Waals surface area contributed by atoms with Gasteiger partial charge in [-0.25, -0.2) is 4.39 Å². The molecular formula is C27H26FN3O3S. The summed E-state index contributed by atoms with van der Waals surface area (Å²) in [6.45, 7) is 2.99. The summed E-state index contributed by atoms with van der Waals surface area (Å²) < 4.78 is 24.0. The maximum atomic E-state index is 13.4. The third-order valence-electron chi connectivity index (χ3n) is 5.66. The number of thioether (sulfide) groups is 1. The molecular weight excluding hydrogens is 465 g/mol. The molecule has 3 aromatic carbocycles. The number of carbonyl (C=O) groups excluding carboxylic acids is 1. The number of halogens is 1. The lowest BCUT2D eigenvalue weighted by Gasteiger charge is -2.21. The highest BCUT2D eigenvalue weighted by Crippen LogP contribution is 2.32. The predicted octanol–water partition coefficient (Wildman–Crippen LogP) is 5.59. The molecule has 0 saturated carbocycles. The van der Waals surface area contributed by atoms with E-state index in [0.29, 0.717) is 35.3 Å². The second-order valence-corrected chi connectivity index (χ2v) is 8.76. The van der Waals surface area contributed by atoms with Crippen molar-refractivity contribution in [2.45, 2.75) is 18.5 Å². The lowest BCUT2D eigenvalue weighted by Crippen LogP contribution is -2.31. The number of carbonyl (C=O) groups is 1. The maximum absolute atomic E-state index is 13.4. The number of aromatic nitrogens is 2. The van der Waals surface area contributed by atoms with Crippen LogP contribution in [0.1, 0.15) is 12.5 Å². The SMILES string of the molecule is CCN(Cc1ccc(OC)c(OC)c1)C(=O)CSc1nnc(-c2ccc(F)cc2)c2ccccc12. The van der Waals surface area contributed by atoms with Gasteiger partial charge in [-0.15, -0.1) is 10.2 Å². The van der Waals surface area contributed by atoms with Gasteiger partial charge in [0, 0.05) is 29.4 Å². The molecule has 4 aromatic rings. The zero-order valence-electron chi connectivity index (χ0n) is 19.8. The van der Waals surface area contributed by atoms with Gasteiger partial charge in [0.2, 0.25) is 5.91 Å². The van der Waals surface area contributed by atoms with Crippen LogP contribution in [0.5, 0.6) is 11.5 Å². The topological polar surface area (TPSA) is 64.6 Å². The van der Waals surface area contributed by atoms with Gasteiger partial charge in [-0.2, -0.15) is 0 Å². The van der Waals surface area contributed by atoms with Crippen LogP contribution in [0.4, 0.5) is 4.39 Å². The van der Waals surface area contributed by atoms with Gasteiger partial charge in [-0.05, 0) is 48.9 Å². The van der Waals surface area contributed by atoms with Crippen molar-refractivity contribution in [1.29, 1.82) is 0 Å². The zero-order valence-corrected chi connectivity index (χ0v) is 20.6. The minimum absolute atomic E-state index is 0.000720. The van der Waals surface area contributed by atoms with E-state index in [1.165, 1.54) is 23.9 Å². The van der Waals surface area contributed by atoms with Gasteiger partial charge in [-0.3, -0.25) is 4.79 Å². The molecule has 0 saturated heterocycles. The van der Waals surface area contributed by atoms with Crippen molar-refractivity contribution in [3.8, 4) is 22.8 Å². The molecule has 0 aliphatic heterocycles. The van der Waals surface area contributed by atoms with E-state index in [9.17, 15) is 9.18 Å². The average molecular weight is 492 g/mol. The smallest absolute Gasteiger partial charge is 0.233 e. The third-order valence-corrected chi connectivity index (χ3v) is 6.63. The number of fused-ring (bicyclic) bond motifs is 1. The highest BCUT2D eigenvalue weighted by molar-refractivity contribution is 8.00. The average Bonchev–Trinajstić information content (AvgIpc) is 2.90. The largest absolute Gasteiger partial charge is 0.493 e. The first kappa shape index (κ1) is 24.5. The molecule has 0 bridgehead atoms. The Morgan fingerprint density at radius 3 is 2.34 bits per heavy atom. The molecule has 0 radical (unpaired) electrons. The fourth-order valence-electron chi connectivity index (χ4n) is 3.80. The van der Waals surface area contributed by atoms with Crippen LogP contribution >= 0.6 is 11.8 Å². The van der Waals surface area contributed by atoms with Crippen LogP contribution in [-0.2, 0) is 11.3 Å². The molecule has 0 unspecified atom stereocenters. The summed E-state index contributed by atoms with van der Waals surface area (Å²) in [7, 11) is 3.18. The first-order valence-electron chi connectivity index (χ1n) is 11.2. The van der Waals surface area contributed by atoms with E-state index < -0.39 is 0 Å². The van der Waals surface area contributed by atoms with Crippen molar-refractivity contribution in [2.75, 3.05) is 26.5 Å². The van der Waals surface area contributed by atoms with Gasteiger partial charge in [0.05, 0.1) is 20.0 Å². The number of ether oxygens (including phenoxy) is 2. The number of rotatable bonds is 9. The normalized spacial score (nSPS) is 10.9. The van der Waals surface area contributed by atoms with Crippen LogP contribution in [0.3, 0.4) is 0 Å². The Balaban J connectivity index is 1.51. The summed E-state index contributed by atoms with van der Waals surface area (Å²) in [5.74, 6) is 1.21. The molecule has 0 atom stereocenters. The standard InChI is InChI=1S/C27H26FN3O3S/c1-4-31(16-18-9-14-23(33-2)24(15-18)34-3)25(32)17-35-27-22-8-6-5-7-21(22)26(29-30-27)19-10-12-20(28)13-11-19/h5-15H,4,16-17H2,1-3H3. The highest BCUT2D eigenvalue weighted by Gasteiger charge is 2.17. The molecule has 1 amide bonds. The third kappa shape index (κ3) is 5.54. The van der Waals surface area contributed by atoms with E-state index >= 15 is 0 Å². The van der Waals surface area contributed by atoms with E-state index in [1.54, 1.807) is 31.3 Å². The zero-order chi connectivity index (χ0) is 24.8. The highest BCUT2D eigenvalue weighted by atomic mass is 32.2. The first-order valence-corrected chi connectivity index (χ1v) is 12.2. The van der Waals surface area contributed by atoms with E-state index in [4.69, 9.17) is 9.47 Å². The summed E-state index contributed by atoms with van der Waals surface area (Å²) in [6.07, 6.45) is 0. The van der Waals surface area contributed by atoms with Crippen molar-refractivity contribution in [3.05, 3.63) is 78.1 Å². The number of nitrogens with zero attached hydrogens (tertiary/aromatic N) is 3. The molecule has 4 rings (SSSR count). The summed E-state index contributed by atoms with van der Waals surface area (Å²) in [4.78, 5) is 14.8. The van der Waals surface area contributed by atoms with Gasteiger partial charge in [0.25, 0.3) is 0 Å². The molecule has 6 nitrogen and oxygen atoms in total. The summed E-state index contributed by atoms with van der Waals surface area (Å²) in [6, 6.07) is 19.6. The summed E-state index contributed by atoms with van der Waals surface area (Å²) in [5, 5.41) is 11.3. The van der Waals surface area contributed by atoms with Crippen molar-refractivity contribution in [2.24, 2.45) is 0 Å². The Hall–Kier alpha value is -3.65. The van der Waals surface area contributed by atoms with Crippen LogP contribution in [0.15, 0.2) is 71.8 Å². The van der Waals surface area contributed by atoms with Gasteiger partial charge >= 0.3 is 0 Å². The van der Waals surface area contributed by atoms with Crippen LogP contribution in [0.2, 0.25) is 0 Å². The van der Waals surface area contributed by atoms with Crippen molar-refractivity contribution < 1.29 is 18.7 Å². The molecule has 8 heteroatoms. The Morgan fingerprint density at radius 2 is 1.66 bits per heavy atom. The molecule has 0 spiro atoms. The van der Waals surface area contributed by atoms with Crippen LogP contribution < -0.4 is 9.47 Å². The molecule has 180 valence electrons. The second kappa shape index (κ2) is 11.2. The molecule has 0 aliphatic carbocycles. The van der Waals surface area contributed by atoms with E-state index in [-0.39, 0.29) is 17.5 Å². The van der Waals surface area contributed by atoms with Gasteiger partial charge < -0.3 is 14.4 Å². The Kier molecular flexibility index (Phi) is 7.82. The summed E-state index contributed by atoms with van der Waals surface area (Å²) in [5.41, 5.74) is 2.42. The fourth-order valence-corrected chi connectivity index (χ4v) is 4.68. The van der Waals surface area contributed by atoms with Crippen molar-refractivity contribution >= 4 is 28.4 Å². The van der Waals surface area contributed by atoms with Gasteiger partial charge in [-0.1, -0.05) is 42.1 Å². The van der Waals surface area contributed by atoms with Crippen LogP contribution in [0.25, 0.3) is 22.0 Å². The lowest BCUT2D eigenvalue weighted by molar-refractivity contribution is -0.128. The predicted molar refractivity (Wildman–Crippen MR) is 136 cm³/mol. The first-order chi connectivity index (χ1) is 17.0. The molecule has 35 heavy (non-hydrogen) atoms. The number of hydrogen-bond donors (Lipinski definition) is 0. The molecule has 0 aliphatic rings. The van der Waals surface area contributed by atoms with Crippen LogP contribution in [0, 0.1) is 5.82 Å². The molecule has 0 fully saturated rings. The fraction of sp³-hybridized carbons (Fsp3) is 0.222. The monoisotopic (exact) mass is 491 g/mol. The number of hydrogen-bond acceptors (Lipinski definition) is 6. The number of amides is 1. The Labute approximate surface area is 208 Å². The number of benzene rings is 3. The van der Waals surface area contributed by atoms with Gasteiger partial charge in [0.1, 0.15) is 16.5 Å². The van der Waals surface area contributed by atoms with E-state index in [0.717, 1.165) is 21.9 Å². The molecule has 1 aromatic heterocycles. The minimum atomic E-state index is -0.301. The molecule has 1 heterocycles. The minimum Gasteiger partial charge on any atom is -0.493 e. The quantitative estimate of drug-likeness (QED) is 0.284. The van der Waals surface area contributed by atoms with Gasteiger partial charge in [0.15, 0.2) is 11.5 Å². The van der Waals surface area contributed by atoms with E-state index in [2.05, 4.69) is 10.2 Å². The molecule has 0 N–H and O–H groups in total. The second-order valence-electron chi connectivity index (χ2n) is 7.79. The van der Waals surface area contributed by atoms with Crippen LogP contribution in [-0.4, -0.2) is 47.5 Å². The Morgan fingerprint density at radius 1 is 0.943 bits per heavy atom. The number of methoxy groups -OCH3 is 2. The Bertz CT molecular complexity index is 1330. The lowest BCUT2D eigenvalue weighted by atomic mass is 10.1. The van der Waals surface area contributed by atoms with Crippen molar-refractivity contribution in [1.82, 2.24) is 15.1 Å². The van der Waals surface area contributed by atoms with Crippen molar-refractivity contribution in [3.63, 3.8) is 0 Å². The summed E-state index contributed by atoms with van der Waals surface area (Å²) >= 11 is 1.36.